The van der Waals surface area contributed by atoms with E-state index in [-0.39, 0.29) is 5.92 Å². The van der Waals surface area contributed by atoms with E-state index in [1.165, 1.54) is 6.33 Å². The highest BCUT2D eigenvalue weighted by atomic mass is 16.4. The molecule has 2 N–H and O–H groups in total. The standard InChI is InChI=1S/C17H17N5O2/c23-17(24)13-4-2-1-3-12(13)11-5-7-22(8-6-11)16-14-15(19-9-18-14)20-10-21-16/h1-4,9-11H,5-8H2,(H,23,24)(H,18,19,20,21). The molecule has 1 fully saturated rings. The molecule has 0 aliphatic carbocycles. The minimum absolute atomic E-state index is 0.257. The number of benzene rings is 1. The average Bonchev–Trinajstić information content (AvgIpc) is 3.10. The number of aromatic nitrogens is 4. The number of anilines is 1. The monoisotopic (exact) mass is 323 g/mol. The predicted octanol–water partition coefficient (Wildman–Crippen LogP) is 2.44. The van der Waals surface area contributed by atoms with Gasteiger partial charge in [-0.1, -0.05) is 18.2 Å². The van der Waals surface area contributed by atoms with Gasteiger partial charge in [-0.2, -0.15) is 0 Å². The number of aromatic carboxylic acids is 1. The number of hydrogen-bond acceptors (Lipinski definition) is 5. The van der Waals surface area contributed by atoms with Gasteiger partial charge in [0.15, 0.2) is 11.5 Å². The van der Waals surface area contributed by atoms with Crippen LogP contribution in [0.25, 0.3) is 11.2 Å². The van der Waals surface area contributed by atoms with Gasteiger partial charge in [0.2, 0.25) is 0 Å². The maximum absolute atomic E-state index is 11.4. The summed E-state index contributed by atoms with van der Waals surface area (Å²) in [6.07, 6.45) is 4.94. The molecule has 0 amide bonds. The summed E-state index contributed by atoms with van der Waals surface area (Å²) in [5, 5.41) is 9.38. The van der Waals surface area contributed by atoms with E-state index in [0.717, 1.165) is 42.8 Å². The van der Waals surface area contributed by atoms with Gasteiger partial charge in [0.05, 0.1) is 11.9 Å². The van der Waals surface area contributed by atoms with Gasteiger partial charge in [-0.15, -0.1) is 0 Å². The largest absolute Gasteiger partial charge is 0.478 e. The van der Waals surface area contributed by atoms with Crippen molar-refractivity contribution >= 4 is 23.0 Å². The zero-order valence-electron chi connectivity index (χ0n) is 13.0. The van der Waals surface area contributed by atoms with Gasteiger partial charge in [0.25, 0.3) is 0 Å². The van der Waals surface area contributed by atoms with Crippen LogP contribution in [0.3, 0.4) is 0 Å². The van der Waals surface area contributed by atoms with Crippen LogP contribution in [0.15, 0.2) is 36.9 Å². The summed E-state index contributed by atoms with van der Waals surface area (Å²) >= 11 is 0. The van der Waals surface area contributed by atoms with Crippen molar-refractivity contribution in [2.75, 3.05) is 18.0 Å². The first-order valence-electron chi connectivity index (χ1n) is 7.95. The Balaban J connectivity index is 1.55. The lowest BCUT2D eigenvalue weighted by Crippen LogP contribution is -2.34. The highest BCUT2D eigenvalue weighted by Crippen LogP contribution is 2.33. The van der Waals surface area contributed by atoms with Crippen molar-refractivity contribution < 1.29 is 9.90 Å². The lowest BCUT2D eigenvalue weighted by atomic mass is 9.86. The molecule has 0 spiro atoms. The Morgan fingerprint density at radius 1 is 1.17 bits per heavy atom. The third-order valence-corrected chi connectivity index (χ3v) is 4.63. The molecule has 2 aromatic heterocycles. The zero-order valence-corrected chi connectivity index (χ0v) is 13.0. The highest BCUT2D eigenvalue weighted by molar-refractivity contribution is 5.89. The van der Waals surface area contributed by atoms with E-state index in [4.69, 9.17) is 0 Å². The van der Waals surface area contributed by atoms with Crippen molar-refractivity contribution in [3.8, 4) is 0 Å². The number of piperidine rings is 1. The van der Waals surface area contributed by atoms with Gasteiger partial charge in [0.1, 0.15) is 11.8 Å². The quantitative estimate of drug-likeness (QED) is 0.768. The van der Waals surface area contributed by atoms with Crippen LogP contribution in [-0.2, 0) is 0 Å². The molecule has 1 saturated heterocycles. The van der Waals surface area contributed by atoms with Crippen LogP contribution < -0.4 is 4.90 Å². The molecular formula is C17H17N5O2. The number of aromatic amines is 1. The molecule has 0 bridgehead atoms. The Morgan fingerprint density at radius 2 is 1.96 bits per heavy atom. The Morgan fingerprint density at radius 3 is 2.75 bits per heavy atom. The summed E-state index contributed by atoms with van der Waals surface area (Å²) in [6.45, 7) is 1.65. The predicted molar refractivity (Wildman–Crippen MR) is 89.3 cm³/mol. The lowest BCUT2D eigenvalue weighted by Gasteiger charge is -2.33. The third kappa shape index (κ3) is 2.47. The van der Waals surface area contributed by atoms with Crippen molar-refractivity contribution in [1.82, 2.24) is 19.9 Å². The first-order valence-corrected chi connectivity index (χ1v) is 7.95. The summed E-state index contributed by atoms with van der Waals surface area (Å²) in [5.41, 5.74) is 2.85. The number of nitrogens with zero attached hydrogens (tertiary/aromatic N) is 4. The molecular weight excluding hydrogens is 306 g/mol. The SMILES string of the molecule is O=C(O)c1ccccc1C1CCN(c2ncnc3nc[nH]c23)CC1. The van der Waals surface area contributed by atoms with Crippen LogP contribution in [-0.4, -0.2) is 44.1 Å². The van der Waals surface area contributed by atoms with Crippen molar-refractivity contribution in [3.63, 3.8) is 0 Å². The lowest BCUT2D eigenvalue weighted by molar-refractivity contribution is 0.0695. The maximum atomic E-state index is 11.4. The van der Waals surface area contributed by atoms with E-state index in [9.17, 15) is 9.90 Å². The van der Waals surface area contributed by atoms with Crippen molar-refractivity contribution in [2.45, 2.75) is 18.8 Å². The van der Waals surface area contributed by atoms with E-state index in [2.05, 4.69) is 24.8 Å². The molecule has 7 heteroatoms. The second kappa shape index (κ2) is 5.92. The number of carbonyl (C=O) groups is 1. The smallest absolute Gasteiger partial charge is 0.335 e. The number of carboxylic acid groups (broad SMARTS) is 1. The molecule has 4 rings (SSSR count). The molecule has 1 aliphatic rings. The summed E-state index contributed by atoms with van der Waals surface area (Å²) < 4.78 is 0. The van der Waals surface area contributed by atoms with Crippen molar-refractivity contribution in [2.24, 2.45) is 0 Å². The Hall–Kier alpha value is -2.96. The van der Waals surface area contributed by atoms with Gasteiger partial charge in [-0.3, -0.25) is 0 Å². The molecule has 1 aliphatic heterocycles. The molecule has 0 saturated carbocycles. The van der Waals surface area contributed by atoms with Crippen LogP contribution >= 0.6 is 0 Å². The number of carboxylic acids is 1. The fourth-order valence-corrected chi connectivity index (χ4v) is 3.44. The van der Waals surface area contributed by atoms with E-state index < -0.39 is 5.97 Å². The van der Waals surface area contributed by atoms with Crippen LogP contribution in [0.1, 0.15) is 34.7 Å². The number of fused-ring (bicyclic) bond motifs is 1. The molecule has 122 valence electrons. The Bertz CT molecular complexity index is 883. The third-order valence-electron chi connectivity index (χ3n) is 4.63. The number of nitrogens with one attached hydrogen (secondary N) is 1. The molecule has 24 heavy (non-hydrogen) atoms. The zero-order chi connectivity index (χ0) is 16.5. The van der Waals surface area contributed by atoms with Crippen LogP contribution in [0.2, 0.25) is 0 Å². The topological polar surface area (TPSA) is 95.0 Å². The van der Waals surface area contributed by atoms with Gasteiger partial charge in [-0.25, -0.2) is 19.7 Å². The molecule has 1 aromatic carbocycles. The van der Waals surface area contributed by atoms with E-state index >= 15 is 0 Å². The summed E-state index contributed by atoms with van der Waals surface area (Å²) in [5.74, 6) is 0.262. The van der Waals surface area contributed by atoms with Crippen LogP contribution in [0, 0.1) is 0 Å². The molecule has 3 heterocycles. The van der Waals surface area contributed by atoms with Gasteiger partial charge < -0.3 is 15.0 Å². The first-order chi connectivity index (χ1) is 11.7. The number of imidazole rings is 1. The fraction of sp³-hybridized carbons (Fsp3) is 0.294. The van der Waals surface area contributed by atoms with Crippen molar-refractivity contribution in [1.29, 1.82) is 0 Å². The highest BCUT2D eigenvalue weighted by Gasteiger charge is 2.25. The second-order valence-electron chi connectivity index (χ2n) is 5.95. The molecule has 7 nitrogen and oxygen atoms in total. The van der Waals surface area contributed by atoms with Gasteiger partial charge in [0, 0.05) is 13.1 Å². The first kappa shape index (κ1) is 14.6. The van der Waals surface area contributed by atoms with Crippen LogP contribution in [0.4, 0.5) is 5.82 Å². The summed E-state index contributed by atoms with van der Waals surface area (Å²) in [4.78, 5) is 29.4. The number of hydrogen-bond donors (Lipinski definition) is 2. The molecule has 3 aromatic rings. The molecule has 0 atom stereocenters. The van der Waals surface area contributed by atoms with Crippen LogP contribution in [0.5, 0.6) is 0 Å². The van der Waals surface area contributed by atoms with Crippen molar-refractivity contribution in [3.05, 3.63) is 48.0 Å². The number of H-pyrrole nitrogens is 1. The molecule has 0 radical (unpaired) electrons. The minimum atomic E-state index is -0.858. The number of rotatable bonds is 3. The Labute approximate surface area is 138 Å². The van der Waals surface area contributed by atoms with E-state index in [0.29, 0.717) is 11.2 Å². The maximum Gasteiger partial charge on any atom is 0.335 e. The normalized spacial score (nSPS) is 15.8. The van der Waals surface area contributed by atoms with Gasteiger partial charge >= 0.3 is 5.97 Å². The summed E-state index contributed by atoms with van der Waals surface area (Å²) in [7, 11) is 0. The van der Waals surface area contributed by atoms with E-state index in [1.807, 2.05) is 12.1 Å². The fourth-order valence-electron chi connectivity index (χ4n) is 3.44. The summed E-state index contributed by atoms with van der Waals surface area (Å²) in [6, 6.07) is 7.30. The average molecular weight is 323 g/mol. The van der Waals surface area contributed by atoms with E-state index in [1.54, 1.807) is 18.5 Å². The molecule has 0 unspecified atom stereocenters. The minimum Gasteiger partial charge on any atom is -0.478 e. The van der Waals surface area contributed by atoms with Gasteiger partial charge in [-0.05, 0) is 30.4 Å². The Kier molecular flexibility index (Phi) is 3.60. The second-order valence-corrected chi connectivity index (χ2v) is 5.95.